The van der Waals surface area contributed by atoms with Crippen LogP contribution in [0.2, 0.25) is 5.15 Å². The van der Waals surface area contributed by atoms with Gasteiger partial charge in [0.05, 0.1) is 0 Å². The van der Waals surface area contributed by atoms with E-state index >= 15 is 0 Å². The number of guanidine groups is 1. The van der Waals surface area contributed by atoms with E-state index < -0.39 is 11.5 Å². The van der Waals surface area contributed by atoms with Gasteiger partial charge in [-0.25, -0.2) is 14.8 Å². The van der Waals surface area contributed by atoms with Gasteiger partial charge in [-0.3, -0.25) is 20.3 Å². The summed E-state index contributed by atoms with van der Waals surface area (Å²) < 4.78 is 5.42. The van der Waals surface area contributed by atoms with Gasteiger partial charge in [-0.05, 0) is 125 Å². The molecule has 1 aliphatic carbocycles. The maximum atomic E-state index is 13.2. The molecule has 8 N–H and O–H groups in total. The van der Waals surface area contributed by atoms with Crippen molar-refractivity contribution in [2.75, 3.05) is 36.9 Å². The Hall–Kier alpha value is -4.91. The lowest BCUT2D eigenvalue weighted by Gasteiger charge is -2.24. The van der Waals surface area contributed by atoms with Crippen molar-refractivity contribution in [1.29, 1.82) is 5.41 Å². The number of ether oxygens (including phenoxy) is 1. The minimum Gasteiger partial charge on any atom is -0.444 e. The smallest absolute Gasteiger partial charge is 0.410 e. The summed E-state index contributed by atoms with van der Waals surface area (Å²) >= 11 is 5.86. The van der Waals surface area contributed by atoms with E-state index in [-0.39, 0.29) is 46.4 Å². The summed E-state index contributed by atoms with van der Waals surface area (Å²) in [5.74, 6) is -1.31. The average molecular weight is 748 g/mol. The van der Waals surface area contributed by atoms with Crippen LogP contribution in [0, 0.1) is 11.3 Å². The molecule has 0 saturated heterocycles. The second kappa shape index (κ2) is 18.7. The Kier molecular flexibility index (Phi) is 14.4. The number of benzene rings is 2. The molecule has 0 aliphatic heterocycles. The number of hydrogen-bond donors (Lipinski definition) is 6. The number of unbranched alkanes of at least 4 members (excludes halogenated alkanes) is 1. The number of nitrogen functional groups attached to an aromatic ring is 2. The zero-order valence-electron chi connectivity index (χ0n) is 31.5. The third kappa shape index (κ3) is 12.3. The molecule has 14 heteroatoms. The number of carbonyl (C=O) groups is 3. The zero-order chi connectivity index (χ0) is 38.7. The third-order valence-corrected chi connectivity index (χ3v) is 9.40. The fraction of sp³-hybridized carbons (Fsp3) is 0.487. The van der Waals surface area contributed by atoms with Crippen molar-refractivity contribution >= 4 is 52.8 Å². The molecule has 0 saturated carbocycles. The van der Waals surface area contributed by atoms with Gasteiger partial charge in [-0.2, -0.15) is 0 Å². The number of carbonyl (C=O) groups excluding carboxylic acids is 3. The van der Waals surface area contributed by atoms with E-state index in [1.807, 2.05) is 52.0 Å². The normalized spacial score (nSPS) is 13.0. The van der Waals surface area contributed by atoms with Crippen LogP contribution in [-0.2, 0) is 41.6 Å². The van der Waals surface area contributed by atoms with Crippen molar-refractivity contribution < 1.29 is 19.1 Å². The number of hydrogen-bond acceptors (Lipinski definition) is 9. The molecule has 53 heavy (non-hydrogen) atoms. The maximum Gasteiger partial charge on any atom is 0.410 e. The number of nitrogens with two attached hydrogens (primary N) is 2. The Morgan fingerprint density at radius 3 is 2.28 bits per heavy atom. The largest absolute Gasteiger partial charge is 0.444 e. The Labute approximate surface area is 317 Å². The molecular weight excluding hydrogens is 694 g/mol. The molecule has 0 unspecified atom stereocenters. The Morgan fingerprint density at radius 1 is 0.943 bits per heavy atom. The van der Waals surface area contributed by atoms with Gasteiger partial charge in [0.1, 0.15) is 5.60 Å². The number of halogens is 1. The first kappa shape index (κ1) is 40.9. The van der Waals surface area contributed by atoms with Crippen molar-refractivity contribution in [3.8, 4) is 0 Å². The maximum absolute atomic E-state index is 13.2. The van der Waals surface area contributed by atoms with Gasteiger partial charge in [0.15, 0.2) is 28.4 Å². The van der Waals surface area contributed by atoms with E-state index in [2.05, 4.69) is 38.1 Å². The number of aromatic nitrogens is 2. The second-order valence-corrected chi connectivity index (χ2v) is 15.0. The van der Waals surface area contributed by atoms with Gasteiger partial charge in [0, 0.05) is 31.7 Å². The van der Waals surface area contributed by atoms with E-state index in [0.717, 1.165) is 69.0 Å². The van der Waals surface area contributed by atoms with E-state index in [9.17, 15) is 14.4 Å². The average Bonchev–Trinajstić information content (AvgIpc) is 3.10. The first-order chi connectivity index (χ1) is 25.1. The molecule has 4 rings (SSSR count). The Morgan fingerprint density at radius 2 is 1.60 bits per heavy atom. The molecule has 3 amide bonds. The van der Waals surface area contributed by atoms with Crippen LogP contribution in [0.5, 0.6) is 0 Å². The monoisotopic (exact) mass is 747 g/mol. The molecule has 1 atom stereocenters. The highest BCUT2D eigenvalue weighted by Crippen LogP contribution is 2.30. The number of nitrogens with zero attached hydrogens (tertiary/aromatic N) is 3. The van der Waals surface area contributed by atoms with Gasteiger partial charge < -0.3 is 31.7 Å². The summed E-state index contributed by atoms with van der Waals surface area (Å²) in [5.41, 5.74) is 17.9. The van der Waals surface area contributed by atoms with Crippen LogP contribution in [0.1, 0.15) is 98.1 Å². The second-order valence-electron chi connectivity index (χ2n) is 14.7. The fourth-order valence-corrected chi connectivity index (χ4v) is 6.44. The molecular formula is C39H54ClN9O4. The van der Waals surface area contributed by atoms with Crippen LogP contribution < -0.4 is 27.4 Å². The molecule has 2 aromatic carbocycles. The van der Waals surface area contributed by atoms with Gasteiger partial charge >= 0.3 is 6.09 Å². The Bertz CT molecular complexity index is 1780. The summed E-state index contributed by atoms with van der Waals surface area (Å²) in [7, 11) is 1.75. The first-order valence-corrected chi connectivity index (χ1v) is 18.7. The molecule has 0 radical (unpaired) electrons. The minimum atomic E-state index is -0.698. The quantitative estimate of drug-likeness (QED) is 0.0643. The topological polar surface area (TPSA) is 201 Å². The standard InChI is InChI=1S/C39H54ClN9O4/c1-24(35(50)45-28-19-15-25(16-20-28)11-10-22-49(5)38(52)53-39(2,3)4)23-27-18-17-26(29-13-6-7-14-30(27)29)12-8-9-21-44-37(43)48-36(51)31-33(41)47-34(42)32(40)46-31/h15-20,24H,6-14,21-23H2,1-5H3,(H,45,50)(H4,41,42,47)(H3,43,44,48,51)/t24-/m0/s1. The Balaban J connectivity index is 1.22. The number of nitrogens with one attached hydrogen (secondary N) is 4. The van der Waals surface area contributed by atoms with E-state index in [4.69, 9.17) is 33.2 Å². The summed E-state index contributed by atoms with van der Waals surface area (Å²) in [5, 5.41) is 16.3. The van der Waals surface area contributed by atoms with Crippen LogP contribution in [0.25, 0.3) is 0 Å². The lowest BCUT2D eigenvalue weighted by Crippen LogP contribution is -2.41. The van der Waals surface area contributed by atoms with Gasteiger partial charge in [0.2, 0.25) is 5.91 Å². The van der Waals surface area contributed by atoms with Crippen molar-refractivity contribution in [1.82, 2.24) is 25.5 Å². The number of fused-ring (bicyclic) bond motifs is 1. The number of amides is 3. The number of anilines is 3. The van der Waals surface area contributed by atoms with E-state index in [1.165, 1.54) is 22.3 Å². The predicted octanol–water partition coefficient (Wildman–Crippen LogP) is 6.07. The molecule has 1 aliphatic rings. The van der Waals surface area contributed by atoms with Crippen molar-refractivity contribution in [2.24, 2.45) is 5.92 Å². The van der Waals surface area contributed by atoms with Crippen LogP contribution >= 0.6 is 11.6 Å². The summed E-state index contributed by atoms with van der Waals surface area (Å²) in [6.07, 6.45) is 8.96. The lowest BCUT2D eigenvalue weighted by molar-refractivity contribution is -0.119. The third-order valence-electron chi connectivity index (χ3n) is 9.12. The van der Waals surface area contributed by atoms with Crippen molar-refractivity contribution in [3.05, 3.63) is 75.1 Å². The molecule has 0 fully saturated rings. The van der Waals surface area contributed by atoms with Gasteiger partial charge in [0.25, 0.3) is 5.91 Å². The van der Waals surface area contributed by atoms with Gasteiger partial charge in [-0.1, -0.05) is 42.8 Å². The molecule has 3 aromatic rings. The molecule has 0 bridgehead atoms. The van der Waals surface area contributed by atoms with Crippen LogP contribution in [0.4, 0.5) is 22.1 Å². The van der Waals surface area contributed by atoms with E-state index in [1.54, 1.807) is 11.9 Å². The van der Waals surface area contributed by atoms with Gasteiger partial charge in [-0.15, -0.1) is 0 Å². The van der Waals surface area contributed by atoms with Crippen LogP contribution in [-0.4, -0.2) is 64.5 Å². The summed E-state index contributed by atoms with van der Waals surface area (Å²) in [6, 6.07) is 12.3. The van der Waals surface area contributed by atoms with Crippen molar-refractivity contribution in [3.63, 3.8) is 0 Å². The number of aryl methyl sites for hydroxylation is 2. The van der Waals surface area contributed by atoms with Crippen molar-refractivity contribution in [2.45, 2.75) is 97.5 Å². The molecule has 1 heterocycles. The number of rotatable bonds is 14. The molecule has 0 spiro atoms. The van der Waals surface area contributed by atoms with E-state index in [0.29, 0.717) is 19.5 Å². The predicted molar refractivity (Wildman–Crippen MR) is 210 cm³/mol. The summed E-state index contributed by atoms with van der Waals surface area (Å²) in [4.78, 5) is 47.1. The first-order valence-electron chi connectivity index (χ1n) is 18.3. The lowest BCUT2D eigenvalue weighted by atomic mass is 9.81. The highest BCUT2D eigenvalue weighted by Gasteiger charge is 2.22. The van der Waals surface area contributed by atoms with Crippen LogP contribution in [0.15, 0.2) is 36.4 Å². The van der Waals surface area contributed by atoms with Crippen LogP contribution in [0.3, 0.4) is 0 Å². The zero-order valence-corrected chi connectivity index (χ0v) is 32.3. The molecule has 286 valence electrons. The SMILES string of the molecule is C[C@@H](Cc1ccc(CCCCNC(=N)NC(=O)c2nc(Cl)c(N)nc2N)c2c1CCCC2)C(=O)Nc1ccc(CCCN(C)C(=O)OC(C)(C)C)cc1. The highest BCUT2D eigenvalue weighted by molar-refractivity contribution is 6.31. The fourth-order valence-electron chi connectivity index (χ4n) is 6.32. The minimum absolute atomic E-state index is 0.00621. The highest BCUT2D eigenvalue weighted by atomic mass is 35.5. The molecule has 1 aromatic heterocycles. The summed E-state index contributed by atoms with van der Waals surface area (Å²) in [6.45, 7) is 8.65. The molecule has 13 nitrogen and oxygen atoms in total.